The Morgan fingerprint density at radius 1 is 1.40 bits per heavy atom. The maximum Gasteiger partial charge on any atom is 0.323 e. The molecule has 1 aliphatic heterocycles. The topological polar surface area (TPSA) is 55.8 Å². The van der Waals surface area contributed by atoms with Gasteiger partial charge in [0.1, 0.15) is 5.54 Å². The highest BCUT2D eigenvalue weighted by Crippen LogP contribution is 2.19. The van der Waals surface area contributed by atoms with Crippen LogP contribution in [0.25, 0.3) is 0 Å². The molecule has 0 amide bonds. The molecule has 0 aromatic heterocycles. The number of hydrogen-bond donors (Lipinski definition) is 2. The zero-order chi connectivity index (χ0) is 15.2. The summed E-state index contributed by atoms with van der Waals surface area (Å²) in [6, 6.07) is 0.564. The van der Waals surface area contributed by atoms with E-state index in [1.165, 1.54) is 0 Å². The summed E-state index contributed by atoms with van der Waals surface area (Å²) in [4.78, 5) is 16.4. The molecule has 1 rings (SSSR count). The van der Waals surface area contributed by atoms with Gasteiger partial charge in [-0.2, -0.15) is 0 Å². The SMILES string of the molecule is CCNC(CC)(CCCN1CCN(C)CC1C)C(=O)O. The van der Waals surface area contributed by atoms with E-state index >= 15 is 0 Å². The van der Waals surface area contributed by atoms with Crippen molar-refractivity contribution in [3.05, 3.63) is 0 Å². The Morgan fingerprint density at radius 2 is 2.10 bits per heavy atom. The molecule has 1 aliphatic rings. The van der Waals surface area contributed by atoms with E-state index in [-0.39, 0.29) is 0 Å². The van der Waals surface area contributed by atoms with Crippen molar-refractivity contribution in [3.63, 3.8) is 0 Å². The quantitative estimate of drug-likeness (QED) is 0.703. The van der Waals surface area contributed by atoms with Gasteiger partial charge in [-0.1, -0.05) is 13.8 Å². The fourth-order valence-electron chi connectivity index (χ4n) is 3.16. The van der Waals surface area contributed by atoms with Crippen LogP contribution >= 0.6 is 0 Å². The first-order chi connectivity index (χ1) is 9.45. The van der Waals surface area contributed by atoms with Crippen LogP contribution in [0.1, 0.15) is 40.0 Å². The van der Waals surface area contributed by atoms with Gasteiger partial charge in [-0.15, -0.1) is 0 Å². The standard InChI is InChI=1S/C15H31N3O2/c1-5-15(14(19)20,16-6-2)8-7-9-18-11-10-17(4)12-13(18)3/h13,16H,5-12H2,1-4H3,(H,19,20). The molecular weight excluding hydrogens is 254 g/mol. The van der Waals surface area contributed by atoms with Gasteiger partial charge in [-0.05, 0) is 46.3 Å². The number of hydrogen-bond acceptors (Lipinski definition) is 4. The number of piperazine rings is 1. The minimum Gasteiger partial charge on any atom is -0.480 e. The second-order valence-corrected chi connectivity index (χ2v) is 6.02. The highest BCUT2D eigenvalue weighted by Gasteiger charge is 2.35. The average molecular weight is 285 g/mol. The lowest BCUT2D eigenvalue weighted by Crippen LogP contribution is -2.53. The molecule has 1 saturated heterocycles. The number of carboxylic acid groups (broad SMARTS) is 1. The molecule has 0 aromatic carbocycles. The molecule has 5 heteroatoms. The van der Waals surface area contributed by atoms with Gasteiger partial charge in [0.2, 0.25) is 0 Å². The van der Waals surface area contributed by atoms with Gasteiger partial charge in [-0.3, -0.25) is 9.69 Å². The minimum absolute atomic E-state index is 0.564. The molecule has 2 atom stereocenters. The third-order valence-electron chi connectivity index (χ3n) is 4.55. The number of nitrogens with zero attached hydrogens (tertiary/aromatic N) is 2. The maximum absolute atomic E-state index is 11.5. The fraction of sp³-hybridized carbons (Fsp3) is 0.933. The highest BCUT2D eigenvalue weighted by atomic mass is 16.4. The largest absolute Gasteiger partial charge is 0.480 e. The Bertz CT molecular complexity index is 311. The second-order valence-electron chi connectivity index (χ2n) is 6.02. The number of rotatable bonds is 8. The summed E-state index contributed by atoms with van der Waals surface area (Å²) in [6.07, 6.45) is 2.27. The molecule has 0 radical (unpaired) electrons. The van der Waals surface area contributed by atoms with Crippen molar-refractivity contribution >= 4 is 5.97 Å². The molecule has 1 fully saturated rings. The Labute approximate surface area is 123 Å². The summed E-state index contributed by atoms with van der Waals surface area (Å²) in [6.45, 7) is 11.2. The van der Waals surface area contributed by atoms with E-state index < -0.39 is 11.5 Å². The molecule has 5 nitrogen and oxygen atoms in total. The monoisotopic (exact) mass is 285 g/mol. The molecule has 2 unspecified atom stereocenters. The Morgan fingerprint density at radius 3 is 2.60 bits per heavy atom. The normalized spacial score (nSPS) is 24.5. The van der Waals surface area contributed by atoms with Crippen molar-refractivity contribution in [1.82, 2.24) is 15.1 Å². The zero-order valence-electron chi connectivity index (χ0n) is 13.5. The van der Waals surface area contributed by atoms with E-state index in [1.54, 1.807) is 0 Å². The number of carbonyl (C=O) groups is 1. The summed E-state index contributed by atoms with van der Waals surface area (Å²) < 4.78 is 0. The van der Waals surface area contributed by atoms with E-state index in [0.29, 0.717) is 25.4 Å². The van der Waals surface area contributed by atoms with E-state index in [9.17, 15) is 9.90 Å². The lowest BCUT2D eigenvalue weighted by molar-refractivity contribution is -0.145. The molecule has 20 heavy (non-hydrogen) atoms. The maximum atomic E-state index is 11.5. The summed E-state index contributed by atoms with van der Waals surface area (Å²) >= 11 is 0. The van der Waals surface area contributed by atoms with Crippen LogP contribution in [0.15, 0.2) is 0 Å². The van der Waals surface area contributed by atoms with Crippen LogP contribution in [0.4, 0.5) is 0 Å². The number of nitrogens with one attached hydrogen (secondary N) is 1. The lowest BCUT2D eigenvalue weighted by Gasteiger charge is -2.39. The third kappa shape index (κ3) is 4.43. The van der Waals surface area contributed by atoms with E-state index in [1.807, 2.05) is 13.8 Å². The van der Waals surface area contributed by atoms with E-state index in [4.69, 9.17) is 0 Å². The van der Waals surface area contributed by atoms with Crippen molar-refractivity contribution < 1.29 is 9.90 Å². The predicted molar refractivity (Wildman–Crippen MR) is 82.1 cm³/mol. The van der Waals surface area contributed by atoms with E-state index in [2.05, 4.69) is 29.1 Å². The van der Waals surface area contributed by atoms with E-state index in [0.717, 1.165) is 32.6 Å². The minimum atomic E-state index is -0.745. The number of aliphatic carboxylic acids is 1. The van der Waals surface area contributed by atoms with Gasteiger partial charge in [0.15, 0.2) is 0 Å². The van der Waals surface area contributed by atoms with Crippen molar-refractivity contribution in [3.8, 4) is 0 Å². The molecule has 1 heterocycles. The lowest BCUT2D eigenvalue weighted by atomic mass is 9.90. The molecule has 0 bridgehead atoms. The summed E-state index contributed by atoms with van der Waals surface area (Å²) in [5.41, 5.74) is -0.745. The predicted octanol–water partition coefficient (Wildman–Crippen LogP) is 1.25. The summed E-state index contributed by atoms with van der Waals surface area (Å²) in [7, 11) is 2.16. The fourth-order valence-corrected chi connectivity index (χ4v) is 3.16. The van der Waals surface area contributed by atoms with Crippen LogP contribution in [0.3, 0.4) is 0 Å². The first-order valence-corrected chi connectivity index (χ1v) is 7.86. The van der Waals surface area contributed by atoms with Gasteiger partial charge in [0.25, 0.3) is 0 Å². The second kappa shape index (κ2) is 7.96. The smallest absolute Gasteiger partial charge is 0.323 e. The first-order valence-electron chi connectivity index (χ1n) is 7.86. The molecule has 0 saturated carbocycles. The van der Waals surface area contributed by atoms with Crippen LogP contribution in [0, 0.1) is 0 Å². The van der Waals surface area contributed by atoms with Gasteiger partial charge in [0.05, 0.1) is 0 Å². The number of carboxylic acids is 1. The molecular formula is C15H31N3O2. The van der Waals surface area contributed by atoms with Crippen LogP contribution < -0.4 is 5.32 Å². The third-order valence-corrected chi connectivity index (χ3v) is 4.55. The Kier molecular flexibility index (Phi) is 6.92. The average Bonchev–Trinajstić information content (AvgIpc) is 2.39. The highest BCUT2D eigenvalue weighted by molar-refractivity contribution is 5.78. The summed E-state index contributed by atoms with van der Waals surface area (Å²) in [5, 5.41) is 12.7. The van der Waals surface area contributed by atoms with Crippen molar-refractivity contribution in [2.45, 2.75) is 51.6 Å². The van der Waals surface area contributed by atoms with Gasteiger partial charge in [-0.25, -0.2) is 0 Å². The van der Waals surface area contributed by atoms with Crippen LogP contribution in [0.5, 0.6) is 0 Å². The molecule has 118 valence electrons. The van der Waals surface area contributed by atoms with Crippen molar-refractivity contribution in [2.75, 3.05) is 39.8 Å². The zero-order valence-corrected chi connectivity index (χ0v) is 13.5. The van der Waals surface area contributed by atoms with Crippen LogP contribution in [-0.2, 0) is 4.79 Å². The Balaban J connectivity index is 2.46. The molecule has 0 spiro atoms. The first kappa shape index (κ1) is 17.4. The van der Waals surface area contributed by atoms with Crippen molar-refractivity contribution in [1.29, 1.82) is 0 Å². The van der Waals surface area contributed by atoms with Gasteiger partial charge >= 0.3 is 5.97 Å². The number of likely N-dealkylation sites (N-methyl/N-ethyl adjacent to an activating group) is 2. The molecule has 2 N–H and O–H groups in total. The van der Waals surface area contributed by atoms with Crippen LogP contribution in [0.2, 0.25) is 0 Å². The molecule has 0 aliphatic carbocycles. The van der Waals surface area contributed by atoms with Crippen molar-refractivity contribution in [2.24, 2.45) is 0 Å². The molecule has 0 aromatic rings. The van der Waals surface area contributed by atoms with Crippen LogP contribution in [-0.4, -0.2) is 72.2 Å². The van der Waals surface area contributed by atoms with Gasteiger partial charge in [0, 0.05) is 25.7 Å². The Hall–Kier alpha value is -0.650. The summed E-state index contributed by atoms with van der Waals surface area (Å²) in [5.74, 6) is -0.715. The van der Waals surface area contributed by atoms with Gasteiger partial charge < -0.3 is 15.3 Å².